The van der Waals surface area contributed by atoms with E-state index in [2.05, 4.69) is 51.6 Å². The predicted octanol–water partition coefficient (Wildman–Crippen LogP) is 3.16. The smallest absolute Gasteiger partial charge is 0.317 e. The van der Waals surface area contributed by atoms with Gasteiger partial charge in [-0.15, -0.1) is 5.10 Å². The van der Waals surface area contributed by atoms with E-state index in [0.717, 1.165) is 37.3 Å². The van der Waals surface area contributed by atoms with Gasteiger partial charge in [-0.25, -0.2) is 4.79 Å². The number of hydrogen-bond acceptors (Lipinski definition) is 4. The van der Waals surface area contributed by atoms with Gasteiger partial charge >= 0.3 is 6.03 Å². The summed E-state index contributed by atoms with van der Waals surface area (Å²) >= 11 is 0. The third-order valence-corrected chi connectivity index (χ3v) is 5.06. The van der Waals surface area contributed by atoms with Crippen LogP contribution in [0.3, 0.4) is 0 Å². The summed E-state index contributed by atoms with van der Waals surface area (Å²) in [6.07, 6.45) is 3.71. The highest BCUT2D eigenvalue weighted by Gasteiger charge is 2.27. The number of carbonyl (C=O) groups excluding carboxylic acids is 1. The minimum Gasteiger partial charge on any atom is -0.353 e. The van der Waals surface area contributed by atoms with E-state index in [0.29, 0.717) is 0 Å². The second-order valence-electron chi connectivity index (χ2n) is 7.02. The van der Waals surface area contributed by atoms with Crippen LogP contribution >= 0.6 is 0 Å². The number of aryl methyl sites for hydroxylation is 1. The van der Waals surface area contributed by atoms with Gasteiger partial charge in [-0.05, 0) is 44.4 Å². The highest BCUT2D eigenvalue weighted by atomic mass is 16.2. The minimum atomic E-state index is -0.0379. The van der Waals surface area contributed by atoms with Crippen molar-refractivity contribution in [3.05, 3.63) is 53.7 Å². The van der Waals surface area contributed by atoms with E-state index in [1.807, 2.05) is 31.0 Å². The number of benzene rings is 1. The zero-order chi connectivity index (χ0) is 18.5. The summed E-state index contributed by atoms with van der Waals surface area (Å²) in [7, 11) is 1.88. The van der Waals surface area contributed by atoms with Crippen LogP contribution in [-0.2, 0) is 0 Å². The fourth-order valence-corrected chi connectivity index (χ4v) is 3.33. The molecule has 1 N–H and O–H groups in total. The van der Waals surface area contributed by atoms with E-state index in [1.165, 1.54) is 5.56 Å². The summed E-state index contributed by atoms with van der Waals surface area (Å²) in [6, 6.07) is 12.2. The third-order valence-electron chi connectivity index (χ3n) is 5.06. The third kappa shape index (κ3) is 4.31. The van der Waals surface area contributed by atoms with E-state index < -0.39 is 0 Å². The molecule has 0 spiro atoms. The lowest BCUT2D eigenvalue weighted by Crippen LogP contribution is -2.51. The number of hydrogen-bond donors (Lipinski definition) is 1. The molecule has 0 radical (unpaired) electrons. The summed E-state index contributed by atoms with van der Waals surface area (Å²) in [4.78, 5) is 16.7. The summed E-state index contributed by atoms with van der Waals surface area (Å²) in [6.45, 7) is 5.81. The molecule has 0 unspecified atom stereocenters. The number of anilines is 1. The van der Waals surface area contributed by atoms with Crippen molar-refractivity contribution in [2.75, 3.05) is 25.0 Å². The first-order valence-electron chi connectivity index (χ1n) is 9.17. The molecule has 0 saturated carbocycles. The lowest BCUT2D eigenvalue weighted by atomic mass is 10.0. The van der Waals surface area contributed by atoms with Crippen molar-refractivity contribution < 1.29 is 4.79 Å². The van der Waals surface area contributed by atoms with Crippen LogP contribution in [0.4, 0.5) is 10.6 Å². The number of carbonyl (C=O) groups is 1. The second kappa shape index (κ2) is 8.17. The topological polar surface area (TPSA) is 61.4 Å². The van der Waals surface area contributed by atoms with Crippen LogP contribution in [0.1, 0.15) is 36.9 Å². The normalized spacial score (nSPS) is 18.3. The van der Waals surface area contributed by atoms with Crippen molar-refractivity contribution in [2.24, 2.45) is 0 Å². The molecular formula is C20H27N5O. The molecule has 2 aromatic rings. The Morgan fingerprint density at radius 1 is 1.31 bits per heavy atom. The van der Waals surface area contributed by atoms with E-state index >= 15 is 0 Å². The van der Waals surface area contributed by atoms with Gasteiger partial charge in [0.25, 0.3) is 0 Å². The van der Waals surface area contributed by atoms with Crippen LogP contribution < -0.4 is 10.2 Å². The number of nitrogens with zero attached hydrogens (tertiary/aromatic N) is 4. The maximum atomic E-state index is 12.7. The largest absolute Gasteiger partial charge is 0.353 e. The van der Waals surface area contributed by atoms with Gasteiger partial charge in [0.05, 0.1) is 12.1 Å². The fraction of sp³-hybridized carbons (Fsp3) is 0.450. The number of amides is 2. The van der Waals surface area contributed by atoms with E-state index in [9.17, 15) is 4.79 Å². The van der Waals surface area contributed by atoms with Crippen molar-refractivity contribution in [2.45, 2.75) is 38.8 Å². The van der Waals surface area contributed by atoms with Crippen molar-refractivity contribution in [3.63, 3.8) is 0 Å². The molecular weight excluding hydrogens is 326 g/mol. The summed E-state index contributed by atoms with van der Waals surface area (Å²) in [5.74, 6) is 0.874. The highest BCUT2D eigenvalue weighted by molar-refractivity contribution is 5.75. The lowest BCUT2D eigenvalue weighted by Gasteiger charge is -2.38. The Labute approximate surface area is 155 Å². The Kier molecular flexibility index (Phi) is 5.71. The quantitative estimate of drug-likeness (QED) is 0.917. The molecule has 6 heteroatoms. The van der Waals surface area contributed by atoms with E-state index in [1.54, 1.807) is 6.20 Å². The van der Waals surface area contributed by atoms with Gasteiger partial charge < -0.3 is 15.1 Å². The molecule has 138 valence electrons. The maximum Gasteiger partial charge on any atom is 0.317 e. The maximum absolute atomic E-state index is 12.7. The SMILES string of the molecule is Cc1ccc([C@H](C)NC(=O)N(C)[C@@H]2CCCN(c3cccnn3)C2)cc1. The van der Waals surface area contributed by atoms with Gasteiger partial charge in [-0.3, -0.25) is 0 Å². The monoisotopic (exact) mass is 353 g/mol. The Morgan fingerprint density at radius 3 is 2.77 bits per heavy atom. The van der Waals surface area contributed by atoms with Crippen molar-refractivity contribution >= 4 is 11.8 Å². The molecule has 1 aliphatic rings. The molecule has 26 heavy (non-hydrogen) atoms. The zero-order valence-corrected chi connectivity index (χ0v) is 15.7. The number of aromatic nitrogens is 2. The molecule has 3 rings (SSSR count). The van der Waals surface area contributed by atoms with Gasteiger partial charge in [0.15, 0.2) is 5.82 Å². The number of urea groups is 1. The summed E-state index contributed by atoms with van der Waals surface area (Å²) in [5.41, 5.74) is 2.33. The van der Waals surface area contributed by atoms with Gasteiger partial charge in [0, 0.05) is 26.3 Å². The molecule has 6 nitrogen and oxygen atoms in total. The molecule has 0 aliphatic carbocycles. The first kappa shape index (κ1) is 18.2. The number of piperidine rings is 1. The zero-order valence-electron chi connectivity index (χ0n) is 15.7. The molecule has 1 aromatic carbocycles. The number of nitrogens with one attached hydrogen (secondary N) is 1. The number of rotatable bonds is 4. The molecule has 2 atom stereocenters. The van der Waals surface area contributed by atoms with Crippen molar-refractivity contribution in [3.8, 4) is 0 Å². The fourth-order valence-electron chi connectivity index (χ4n) is 3.33. The van der Waals surface area contributed by atoms with Crippen LogP contribution in [-0.4, -0.2) is 47.3 Å². The molecule has 1 aliphatic heterocycles. The lowest BCUT2D eigenvalue weighted by molar-refractivity contribution is 0.179. The standard InChI is InChI=1S/C20H27N5O/c1-15-8-10-17(11-9-15)16(2)22-20(26)24(3)18-6-5-13-25(14-18)19-7-4-12-21-23-19/h4,7-12,16,18H,5-6,13-14H2,1-3H3,(H,22,26)/t16-,18+/m0/s1. The Morgan fingerprint density at radius 2 is 2.08 bits per heavy atom. The van der Waals surface area contributed by atoms with Crippen LogP contribution in [0.15, 0.2) is 42.6 Å². The first-order valence-corrected chi connectivity index (χ1v) is 9.17. The van der Waals surface area contributed by atoms with Crippen LogP contribution in [0.25, 0.3) is 0 Å². The van der Waals surface area contributed by atoms with Crippen LogP contribution in [0.5, 0.6) is 0 Å². The van der Waals surface area contributed by atoms with Gasteiger partial charge in [-0.1, -0.05) is 29.8 Å². The van der Waals surface area contributed by atoms with Gasteiger partial charge in [-0.2, -0.15) is 5.10 Å². The second-order valence-corrected chi connectivity index (χ2v) is 7.02. The van der Waals surface area contributed by atoms with Crippen LogP contribution in [0.2, 0.25) is 0 Å². The van der Waals surface area contributed by atoms with E-state index in [-0.39, 0.29) is 18.1 Å². The Balaban J connectivity index is 1.59. The average Bonchev–Trinajstić information content (AvgIpc) is 2.68. The van der Waals surface area contributed by atoms with E-state index in [4.69, 9.17) is 0 Å². The molecule has 2 heterocycles. The molecule has 0 bridgehead atoms. The minimum absolute atomic E-state index is 0.0229. The first-order chi connectivity index (χ1) is 12.5. The molecule has 1 saturated heterocycles. The molecule has 1 fully saturated rings. The Hall–Kier alpha value is -2.63. The van der Waals surface area contributed by atoms with Gasteiger partial charge in [0.1, 0.15) is 0 Å². The predicted molar refractivity (Wildman–Crippen MR) is 103 cm³/mol. The summed E-state index contributed by atoms with van der Waals surface area (Å²) in [5, 5.41) is 11.3. The van der Waals surface area contributed by atoms with Gasteiger partial charge in [0.2, 0.25) is 0 Å². The molecule has 1 aromatic heterocycles. The Bertz CT molecular complexity index is 719. The molecule has 2 amide bonds. The average molecular weight is 353 g/mol. The highest BCUT2D eigenvalue weighted by Crippen LogP contribution is 2.20. The van der Waals surface area contributed by atoms with Crippen molar-refractivity contribution in [1.82, 2.24) is 20.4 Å². The number of likely N-dealkylation sites (N-methyl/N-ethyl adjacent to an activating group) is 1. The summed E-state index contributed by atoms with van der Waals surface area (Å²) < 4.78 is 0. The van der Waals surface area contributed by atoms with Crippen LogP contribution in [0, 0.1) is 6.92 Å². The van der Waals surface area contributed by atoms with Crippen molar-refractivity contribution in [1.29, 1.82) is 0 Å².